The van der Waals surface area contributed by atoms with Crippen LogP contribution in [0.15, 0.2) is 17.4 Å². The largest absolute Gasteiger partial charge is 0.306 e. The van der Waals surface area contributed by atoms with E-state index in [4.69, 9.17) is 17.0 Å². The number of hydrogen-bond donors (Lipinski definition) is 2. The van der Waals surface area contributed by atoms with Gasteiger partial charge in [-0.15, -0.1) is 6.58 Å². The van der Waals surface area contributed by atoms with E-state index in [1.165, 1.54) is 0 Å². The van der Waals surface area contributed by atoms with Crippen molar-refractivity contribution in [2.24, 2.45) is 0 Å². The molecule has 4 nitrogen and oxygen atoms in total. The number of allylic oxidation sites excluding steroid dienone is 1. The number of nitrogens with zero attached hydrogens (tertiary/aromatic N) is 1. The Labute approximate surface area is 105 Å². The van der Waals surface area contributed by atoms with Crippen molar-refractivity contribution in [3.8, 4) is 0 Å². The van der Waals surface area contributed by atoms with Crippen molar-refractivity contribution in [1.29, 1.82) is 5.41 Å². The molecule has 0 aromatic carbocycles. The van der Waals surface area contributed by atoms with Gasteiger partial charge in [-0.05, 0) is 37.3 Å². The quantitative estimate of drug-likeness (QED) is 0.339. The van der Waals surface area contributed by atoms with Gasteiger partial charge in [0.2, 0.25) is 5.28 Å². The molecular weight excluding hydrogens is 238 g/mol. The highest BCUT2D eigenvalue weighted by molar-refractivity contribution is 6.28. The summed E-state index contributed by atoms with van der Waals surface area (Å²) in [5.41, 5.74) is 0.665. The third-order valence-corrected chi connectivity index (χ3v) is 2.67. The minimum absolute atomic E-state index is 0.0314. The van der Waals surface area contributed by atoms with Gasteiger partial charge in [0.1, 0.15) is 0 Å². The first-order chi connectivity index (χ1) is 8.19. The summed E-state index contributed by atoms with van der Waals surface area (Å²) in [5, 5.41) is 7.24. The van der Waals surface area contributed by atoms with Gasteiger partial charge in [-0.3, -0.25) is 9.78 Å². The van der Waals surface area contributed by atoms with Crippen molar-refractivity contribution in [3.05, 3.63) is 39.5 Å². The van der Waals surface area contributed by atoms with Gasteiger partial charge in [-0.1, -0.05) is 12.5 Å². The van der Waals surface area contributed by atoms with Crippen LogP contribution in [-0.2, 0) is 6.42 Å². The highest BCUT2D eigenvalue weighted by Crippen LogP contribution is 2.08. The zero-order valence-corrected chi connectivity index (χ0v) is 10.4. The first-order valence-corrected chi connectivity index (χ1v) is 5.97. The molecule has 1 aromatic rings. The third-order valence-electron chi connectivity index (χ3n) is 2.49. The van der Waals surface area contributed by atoms with E-state index < -0.39 is 0 Å². The van der Waals surface area contributed by atoms with Crippen LogP contribution in [0.5, 0.6) is 0 Å². The first kappa shape index (κ1) is 13.6. The van der Waals surface area contributed by atoms with E-state index in [9.17, 15) is 4.79 Å². The minimum Gasteiger partial charge on any atom is -0.306 e. The van der Waals surface area contributed by atoms with Crippen LogP contribution in [-0.4, -0.2) is 16.2 Å². The molecule has 1 rings (SSSR count). The zero-order chi connectivity index (χ0) is 12.7. The van der Waals surface area contributed by atoms with E-state index in [0.717, 1.165) is 31.9 Å². The Hall–Kier alpha value is -1.42. The van der Waals surface area contributed by atoms with Gasteiger partial charge in [0, 0.05) is 11.8 Å². The van der Waals surface area contributed by atoms with Crippen molar-refractivity contribution in [2.75, 3.05) is 0 Å². The molecule has 0 aliphatic heterocycles. The topological polar surface area (TPSA) is 69.6 Å². The molecule has 0 saturated heterocycles. The number of nitrogens with one attached hydrogen (secondary N) is 2. The summed E-state index contributed by atoms with van der Waals surface area (Å²) in [4.78, 5) is 18.0. The average Bonchev–Trinajstić information content (AvgIpc) is 2.30. The lowest BCUT2D eigenvalue weighted by molar-refractivity contribution is 0.682. The van der Waals surface area contributed by atoms with Crippen LogP contribution in [0.1, 0.15) is 36.9 Å². The predicted molar refractivity (Wildman–Crippen MR) is 70.1 cm³/mol. The van der Waals surface area contributed by atoms with E-state index in [1.54, 1.807) is 0 Å². The van der Waals surface area contributed by atoms with Crippen molar-refractivity contribution in [1.82, 2.24) is 9.97 Å². The zero-order valence-electron chi connectivity index (χ0n) is 9.63. The maximum Gasteiger partial charge on any atom is 0.255 e. The molecule has 1 aromatic heterocycles. The molecule has 0 bridgehead atoms. The molecular formula is C12H16ClN3O. The Kier molecular flexibility index (Phi) is 5.63. The molecule has 1 heterocycles. The van der Waals surface area contributed by atoms with E-state index in [0.29, 0.717) is 17.7 Å². The highest BCUT2D eigenvalue weighted by atomic mass is 35.5. The molecule has 0 unspecified atom stereocenters. The Bertz CT molecular complexity index is 454. The second-order valence-corrected chi connectivity index (χ2v) is 4.11. The van der Waals surface area contributed by atoms with Crippen molar-refractivity contribution in [2.45, 2.75) is 32.1 Å². The monoisotopic (exact) mass is 253 g/mol. The van der Waals surface area contributed by atoms with Crippen LogP contribution in [0, 0.1) is 5.41 Å². The lowest BCUT2D eigenvalue weighted by atomic mass is 10.1. The standard InChI is InChI=1S/C12H16ClN3O/c1-2-3-4-5-6-7-9-10(8-14)15-12(13)16-11(9)17/h2,8,14H,1,3-7H2,(H,15,16,17). The van der Waals surface area contributed by atoms with Crippen LogP contribution in [0.2, 0.25) is 5.28 Å². The van der Waals surface area contributed by atoms with Crippen LogP contribution in [0.25, 0.3) is 0 Å². The fourth-order valence-corrected chi connectivity index (χ4v) is 1.79. The molecule has 17 heavy (non-hydrogen) atoms. The van der Waals surface area contributed by atoms with Crippen LogP contribution < -0.4 is 5.56 Å². The Morgan fingerprint density at radius 2 is 2.18 bits per heavy atom. The van der Waals surface area contributed by atoms with E-state index in [2.05, 4.69) is 16.5 Å². The van der Waals surface area contributed by atoms with Gasteiger partial charge in [-0.2, -0.15) is 0 Å². The molecule has 5 heteroatoms. The van der Waals surface area contributed by atoms with Gasteiger partial charge >= 0.3 is 0 Å². The van der Waals surface area contributed by atoms with Crippen LogP contribution in [0.4, 0.5) is 0 Å². The Balaban J connectivity index is 2.67. The lowest BCUT2D eigenvalue weighted by Crippen LogP contribution is -2.17. The van der Waals surface area contributed by atoms with Crippen molar-refractivity contribution in [3.63, 3.8) is 0 Å². The molecule has 92 valence electrons. The van der Waals surface area contributed by atoms with Crippen LogP contribution >= 0.6 is 11.6 Å². The molecule has 0 radical (unpaired) electrons. The van der Waals surface area contributed by atoms with Gasteiger partial charge in [-0.25, -0.2) is 4.98 Å². The lowest BCUT2D eigenvalue weighted by Gasteiger charge is -2.04. The van der Waals surface area contributed by atoms with Crippen LogP contribution in [0.3, 0.4) is 0 Å². The normalized spacial score (nSPS) is 10.2. The predicted octanol–water partition coefficient (Wildman–Crippen LogP) is 2.71. The molecule has 0 fully saturated rings. The smallest absolute Gasteiger partial charge is 0.255 e. The number of hydrogen-bond acceptors (Lipinski definition) is 3. The summed E-state index contributed by atoms with van der Waals surface area (Å²) in [5.74, 6) is 0. The molecule has 0 aliphatic rings. The van der Waals surface area contributed by atoms with Gasteiger partial charge in [0.05, 0.1) is 5.69 Å². The number of rotatable bonds is 7. The fourth-order valence-electron chi connectivity index (χ4n) is 1.61. The summed E-state index contributed by atoms with van der Waals surface area (Å²) in [6, 6.07) is 0. The van der Waals surface area contributed by atoms with Crippen molar-refractivity contribution < 1.29 is 0 Å². The summed E-state index contributed by atoms with van der Waals surface area (Å²) >= 11 is 5.62. The van der Waals surface area contributed by atoms with Gasteiger partial charge in [0.15, 0.2) is 0 Å². The average molecular weight is 254 g/mol. The number of aromatic amines is 1. The number of aromatic nitrogens is 2. The number of unbranched alkanes of at least 4 members (excludes halogenated alkanes) is 3. The molecule has 0 atom stereocenters. The third kappa shape index (κ3) is 4.15. The maximum absolute atomic E-state index is 11.6. The summed E-state index contributed by atoms with van der Waals surface area (Å²) in [7, 11) is 0. The minimum atomic E-state index is -0.243. The molecule has 0 amide bonds. The molecule has 2 N–H and O–H groups in total. The second kappa shape index (κ2) is 7.01. The van der Waals surface area contributed by atoms with Gasteiger partial charge < -0.3 is 5.41 Å². The summed E-state index contributed by atoms with van der Waals surface area (Å²) < 4.78 is 0. The van der Waals surface area contributed by atoms with Gasteiger partial charge in [0.25, 0.3) is 5.56 Å². The molecule has 0 spiro atoms. The van der Waals surface area contributed by atoms with Crippen molar-refractivity contribution >= 4 is 17.8 Å². The summed E-state index contributed by atoms with van der Waals surface area (Å²) in [6.45, 7) is 3.66. The number of halogens is 1. The summed E-state index contributed by atoms with van der Waals surface area (Å²) in [6.07, 6.45) is 7.59. The molecule has 0 saturated carbocycles. The SMILES string of the molecule is C=CCCCCCc1c(C=N)nc(Cl)[nH]c1=O. The van der Waals surface area contributed by atoms with E-state index >= 15 is 0 Å². The second-order valence-electron chi connectivity index (χ2n) is 3.75. The Morgan fingerprint density at radius 3 is 2.82 bits per heavy atom. The maximum atomic E-state index is 11.6. The van der Waals surface area contributed by atoms with E-state index in [1.807, 2.05) is 6.08 Å². The molecule has 0 aliphatic carbocycles. The fraction of sp³-hybridized carbons (Fsp3) is 0.417. The number of H-pyrrole nitrogens is 1. The first-order valence-electron chi connectivity index (χ1n) is 5.59. The Morgan fingerprint density at radius 1 is 1.41 bits per heavy atom. The highest BCUT2D eigenvalue weighted by Gasteiger charge is 2.08. The van der Waals surface area contributed by atoms with E-state index in [-0.39, 0.29) is 10.8 Å².